The van der Waals surface area contributed by atoms with Crippen LogP contribution >= 0.6 is 39.9 Å². The largest absolute Gasteiger partial charge is 0.493 e. The number of para-hydroxylation sites is 1. The number of carbonyl (C=O) groups excluding carboxylic acids is 2. The van der Waals surface area contributed by atoms with Crippen LogP contribution in [0.15, 0.2) is 82.2 Å². The Kier molecular flexibility index (Phi) is 8.45. The van der Waals surface area contributed by atoms with Crippen molar-refractivity contribution in [1.29, 1.82) is 0 Å². The molecule has 3 aromatic carbocycles. The topological polar surface area (TPSA) is 67.9 Å². The molecule has 0 aliphatic carbocycles. The van der Waals surface area contributed by atoms with Crippen molar-refractivity contribution in [2.45, 2.75) is 13.0 Å². The van der Waals surface area contributed by atoms with Crippen LogP contribution in [0.1, 0.15) is 24.1 Å². The van der Waals surface area contributed by atoms with Crippen LogP contribution in [0.5, 0.6) is 11.5 Å². The minimum absolute atomic E-state index is 0.144. The highest BCUT2D eigenvalue weighted by Crippen LogP contribution is 2.41. The van der Waals surface area contributed by atoms with Crippen molar-refractivity contribution in [3.8, 4) is 11.5 Å². The number of thiocarbonyl (C=S) groups is 1. The normalized spacial score (nSPS) is 15.2. The molecule has 1 fully saturated rings. The van der Waals surface area contributed by atoms with Gasteiger partial charge in [-0.3, -0.25) is 14.5 Å². The van der Waals surface area contributed by atoms with Crippen LogP contribution in [-0.2, 0) is 9.59 Å². The maximum absolute atomic E-state index is 13.2. The summed E-state index contributed by atoms with van der Waals surface area (Å²) in [5.41, 5.74) is 2.43. The second-order valence-electron chi connectivity index (χ2n) is 7.88. The first-order chi connectivity index (χ1) is 17.4. The van der Waals surface area contributed by atoms with Gasteiger partial charge in [-0.15, -0.1) is 0 Å². The first-order valence-corrected chi connectivity index (χ1v) is 13.1. The maximum atomic E-state index is 13.2. The third kappa shape index (κ3) is 5.98. The van der Waals surface area contributed by atoms with Crippen LogP contribution in [0.25, 0.3) is 6.08 Å². The summed E-state index contributed by atoms with van der Waals surface area (Å²) in [5.74, 6) is 0.379. The third-order valence-corrected chi connectivity index (χ3v) is 7.37. The molecule has 1 saturated heterocycles. The molecule has 1 aliphatic heterocycles. The van der Waals surface area contributed by atoms with Crippen molar-refractivity contribution < 1.29 is 19.1 Å². The molecule has 0 saturated carbocycles. The fourth-order valence-corrected chi connectivity index (χ4v) is 5.66. The number of hydrogen-bond donors (Lipinski definition) is 1. The molecule has 0 aromatic heterocycles. The Hall–Kier alpha value is -3.14. The van der Waals surface area contributed by atoms with E-state index in [1.165, 1.54) is 18.9 Å². The van der Waals surface area contributed by atoms with Gasteiger partial charge in [-0.2, -0.15) is 0 Å². The Bertz CT molecular complexity index is 1320. The van der Waals surface area contributed by atoms with E-state index in [1.54, 1.807) is 35.2 Å². The number of anilines is 1. The van der Waals surface area contributed by atoms with Crippen molar-refractivity contribution >= 4 is 67.8 Å². The van der Waals surface area contributed by atoms with Gasteiger partial charge < -0.3 is 14.8 Å². The van der Waals surface area contributed by atoms with Gasteiger partial charge in [-0.1, -0.05) is 72.5 Å². The van der Waals surface area contributed by atoms with E-state index in [0.717, 1.165) is 11.1 Å². The lowest BCUT2D eigenvalue weighted by molar-refractivity contribution is -0.123. The molecule has 0 spiro atoms. The number of carbonyl (C=O) groups is 2. The molecule has 0 unspecified atom stereocenters. The van der Waals surface area contributed by atoms with Crippen molar-refractivity contribution in [1.82, 2.24) is 4.90 Å². The lowest BCUT2D eigenvalue weighted by Gasteiger charge is -2.23. The zero-order valence-electron chi connectivity index (χ0n) is 19.6. The Morgan fingerprint density at radius 3 is 2.47 bits per heavy atom. The summed E-state index contributed by atoms with van der Waals surface area (Å²) in [4.78, 5) is 27.7. The van der Waals surface area contributed by atoms with E-state index in [2.05, 4.69) is 21.2 Å². The third-order valence-electron chi connectivity index (χ3n) is 5.45. The van der Waals surface area contributed by atoms with Crippen LogP contribution in [0.4, 0.5) is 5.69 Å². The minimum atomic E-state index is -0.296. The average molecular weight is 584 g/mol. The van der Waals surface area contributed by atoms with Crippen LogP contribution in [0.2, 0.25) is 0 Å². The Morgan fingerprint density at radius 2 is 1.81 bits per heavy atom. The zero-order valence-corrected chi connectivity index (χ0v) is 22.8. The SMILES string of the molecule is COc1cc(/C=C2\SC(=S)N([C@H](C)c3ccccc3)C2=O)cc(Br)c1OCC(=O)Nc1ccccc1. The quantitative estimate of drug-likeness (QED) is 0.243. The molecule has 0 radical (unpaired) electrons. The standard InChI is InChI=1S/C27H23BrN2O4S2/c1-17(19-9-5-3-6-10-19)30-26(32)23(36-27(30)35)15-18-13-21(28)25(22(14-18)33-2)34-16-24(31)29-20-11-7-4-8-12-20/h3-15,17H,16H2,1-2H3,(H,29,31)/b23-15-/t17-/m1/s1. The molecule has 1 aliphatic rings. The number of benzene rings is 3. The van der Waals surface area contributed by atoms with Gasteiger partial charge >= 0.3 is 0 Å². The van der Waals surface area contributed by atoms with E-state index < -0.39 is 0 Å². The van der Waals surface area contributed by atoms with Crippen LogP contribution in [-0.4, -0.2) is 34.8 Å². The molecule has 1 atom stereocenters. The lowest BCUT2D eigenvalue weighted by Crippen LogP contribution is -2.30. The van der Waals surface area contributed by atoms with Gasteiger partial charge in [0.1, 0.15) is 4.32 Å². The molecule has 9 heteroatoms. The van der Waals surface area contributed by atoms with Crippen molar-refractivity contribution in [2.75, 3.05) is 19.0 Å². The second kappa shape index (κ2) is 11.7. The van der Waals surface area contributed by atoms with Crippen LogP contribution < -0.4 is 14.8 Å². The Morgan fingerprint density at radius 1 is 1.14 bits per heavy atom. The molecular formula is C27H23BrN2O4S2. The molecule has 4 rings (SSSR count). The predicted molar refractivity (Wildman–Crippen MR) is 151 cm³/mol. The molecule has 0 bridgehead atoms. The molecule has 2 amide bonds. The van der Waals surface area contributed by atoms with E-state index >= 15 is 0 Å². The van der Waals surface area contributed by atoms with Gasteiger partial charge in [-0.05, 0) is 64.3 Å². The number of hydrogen-bond acceptors (Lipinski definition) is 6. The maximum Gasteiger partial charge on any atom is 0.266 e. The molecule has 6 nitrogen and oxygen atoms in total. The highest BCUT2D eigenvalue weighted by atomic mass is 79.9. The van der Waals surface area contributed by atoms with Gasteiger partial charge in [0.2, 0.25) is 0 Å². The van der Waals surface area contributed by atoms with Crippen molar-refractivity contribution in [2.24, 2.45) is 0 Å². The highest BCUT2D eigenvalue weighted by Gasteiger charge is 2.36. The summed E-state index contributed by atoms with van der Waals surface area (Å²) in [5, 5.41) is 2.78. The first-order valence-electron chi connectivity index (χ1n) is 11.0. The van der Waals surface area contributed by atoms with Crippen LogP contribution in [0.3, 0.4) is 0 Å². The fraction of sp³-hybridized carbons (Fsp3) is 0.148. The molecule has 1 heterocycles. The second-order valence-corrected chi connectivity index (χ2v) is 10.4. The summed E-state index contributed by atoms with van der Waals surface area (Å²) >= 11 is 10.3. The number of methoxy groups -OCH3 is 1. The lowest BCUT2D eigenvalue weighted by atomic mass is 10.1. The molecular weight excluding hydrogens is 560 g/mol. The number of halogens is 1. The van der Waals surface area contributed by atoms with Gasteiger partial charge in [-0.25, -0.2) is 0 Å². The minimum Gasteiger partial charge on any atom is -0.493 e. The van der Waals surface area contributed by atoms with Gasteiger partial charge in [0.15, 0.2) is 18.1 Å². The smallest absolute Gasteiger partial charge is 0.266 e. The monoisotopic (exact) mass is 582 g/mol. The highest BCUT2D eigenvalue weighted by molar-refractivity contribution is 9.10. The summed E-state index contributed by atoms with van der Waals surface area (Å²) < 4.78 is 12.4. The summed E-state index contributed by atoms with van der Waals surface area (Å²) in [6, 6.07) is 22.3. The predicted octanol–water partition coefficient (Wildman–Crippen LogP) is 6.44. The summed E-state index contributed by atoms with van der Waals surface area (Å²) in [6.07, 6.45) is 1.77. The summed E-state index contributed by atoms with van der Waals surface area (Å²) in [7, 11) is 1.52. The van der Waals surface area contributed by atoms with E-state index in [-0.39, 0.29) is 24.5 Å². The summed E-state index contributed by atoms with van der Waals surface area (Å²) in [6.45, 7) is 1.77. The van der Waals surface area contributed by atoms with E-state index in [0.29, 0.717) is 30.9 Å². The number of nitrogens with zero attached hydrogens (tertiary/aromatic N) is 1. The number of amides is 2. The van der Waals surface area contributed by atoms with Crippen LogP contribution in [0, 0.1) is 0 Å². The van der Waals surface area contributed by atoms with Crippen molar-refractivity contribution in [3.05, 3.63) is 93.3 Å². The number of thioether (sulfide) groups is 1. The Labute approximate surface area is 227 Å². The van der Waals surface area contributed by atoms with Gasteiger partial charge in [0, 0.05) is 5.69 Å². The van der Waals surface area contributed by atoms with E-state index in [9.17, 15) is 9.59 Å². The molecule has 184 valence electrons. The average Bonchev–Trinajstić information content (AvgIpc) is 3.16. The molecule has 3 aromatic rings. The fourth-order valence-electron chi connectivity index (χ4n) is 3.67. The molecule has 1 N–H and O–H groups in total. The number of nitrogens with one attached hydrogen (secondary N) is 1. The number of rotatable bonds is 8. The number of ether oxygens (including phenoxy) is 2. The van der Waals surface area contributed by atoms with Crippen molar-refractivity contribution in [3.63, 3.8) is 0 Å². The first kappa shape index (κ1) is 25.9. The zero-order chi connectivity index (χ0) is 25.7. The Balaban J connectivity index is 1.49. The molecule has 36 heavy (non-hydrogen) atoms. The van der Waals surface area contributed by atoms with E-state index in [4.69, 9.17) is 21.7 Å². The van der Waals surface area contributed by atoms with E-state index in [1.807, 2.05) is 55.5 Å². The van der Waals surface area contributed by atoms with Gasteiger partial charge in [0.25, 0.3) is 11.8 Å². The van der Waals surface area contributed by atoms with Gasteiger partial charge in [0.05, 0.1) is 22.5 Å².